The SMILES string of the molecule is O=C(C[C@@H]1C=CCC1)OCc1cc(=O)n2ccsc2n1. The third-order valence-corrected chi connectivity index (χ3v) is 4.04. The van der Waals surface area contributed by atoms with Crippen molar-refractivity contribution in [1.29, 1.82) is 0 Å². The number of rotatable bonds is 4. The molecule has 0 radical (unpaired) electrons. The van der Waals surface area contributed by atoms with Gasteiger partial charge in [0.2, 0.25) is 0 Å². The molecule has 0 N–H and O–H groups in total. The molecule has 104 valence electrons. The number of hydrogen-bond acceptors (Lipinski definition) is 5. The molecule has 0 saturated carbocycles. The molecule has 0 spiro atoms. The highest BCUT2D eigenvalue weighted by Crippen LogP contribution is 2.20. The van der Waals surface area contributed by atoms with Crippen molar-refractivity contribution < 1.29 is 9.53 Å². The van der Waals surface area contributed by atoms with E-state index in [1.54, 1.807) is 11.6 Å². The second-order valence-electron chi connectivity index (χ2n) is 4.77. The van der Waals surface area contributed by atoms with Crippen molar-refractivity contribution in [2.45, 2.75) is 25.9 Å². The number of esters is 1. The maximum atomic E-state index is 11.8. The summed E-state index contributed by atoms with van der Waals surface area (Å²) < 4.78 is 6.66. The van der Waals surface area contributed by atoms with Gasteiger partial charge in [0.15, 0.2) is 4.96 Å². The lowest BCUT2D eigenvalue weighted by Gasteiger charge is -2.07. The molecule has 6 heteroatoms. The molecule has 0 bridgehead atoms. The average molecular weight is 290 g/mol. The first-order valence-corrected chi connectivity index (χ1v) is 7.38. The monoisotopic (exact) mass is 290 g/mol. The summed E-state index contributed by atoms with van der Waals surface area (Å²) in [6.45, 7) is 0.0545. The zero-order chi connectivity index (χ0) is 13.9. The van der Waals surface area contributed by atoms with Crippen LogP contribution in [0.25, 0.3) is 4.96 Å². The first-order chi connectivity index (χ1) is 9.72. The molecule has 5 nitrogen and oxygen atoms in total. The molecule has 2 heterocycles. The van der Waals surface area contributed by atoms with E-state index in [1.807, 2.05) is 0 Å². The zero-order valence-electron chi connectivity index (χ0n) is 10.8. The Morgan fingerprint density at radius 1 is 1.55 bits per heavy atom. The molecule has 0 unspecified atom stereocenters. The molecule has 0 amide bonds. The molecule has 3 rings (SSSR count). The Labute approximate surface area is 119 Å². The standard InChI is InChI=1S/C14H14N2O3S/c17-12-8-11(15-14-16(12)5-6-20-14)9-19-13(18)7-10-3-1-2-4-10/h1,3,5-6,8,10H,2,4,7,9H2/t10-/m1/s1. The van der Waals surface area contributed by atoms with Gasteiger partial charge < -0.3 is 4.74 Å². The second-order valence-corrected chi connectivity index (χ2v) is 5.64. The fourth-order valence-electron chi connectivity index (χ4n) is 2.25. The van der Waals surface area contributed by atoms with Crippen LogP contribution in [0.5, 0.6) is 0 Å². The smallest absolute Gasteiger partial charge is 0.306 e. The second kappa shape index (κ2) is 5.58. The number of ether oxygens (including phenoxy) is 1. The highest BCUT2D eigenvalue weighted by atomic mass is 32.1. The molecule has 0 saturated heterocycles. The van der Waals surface area contributed by atoms with E-state index in [1.165, 1.54) is 21.8 Å². The van der Waals surface area contributed by atoms with Gasteiger partial charge in [-0.05, 0) is 18.8 Å². The van der Waals surface area contributed by atoms with Gasteiger partial charge in [0.05, 0.1) is 12.1 Å². The van der Waals surface area contributed by atoms with Crippen LogP contribution < -0.4 is 5.56 Å². The highest BCUT2D eigenvalue weighted by Gasteiger charge is 2.15. The van der Waals surface area contributed by atoms with Gasteiger partial charge >= 0.3 is 5.97 Å². The van der Waals surface area contributed by atoms with Gasteiger partial charge in [0, 0.05) is 17.6 Å². The average Bonchev–Trinajstić information content (AvgIpc) is 3.07. The Morgan fingerprint density at radius 3 is 3.25 bits per heavy atom. The summed E-state index contributed by atoms with van der Waals surface area (Å²) in [6, 6.07) is 1.41. The van der Waals surface area contributed by atoms with Crippen molar-refractivity contribution in [2.24, 2.45) is 5.92 Å². The Kier molecular flexibility index (Phi) is 3.64. The van der Waals surface area contributed by atoms with E-state index in [9.17, 15) is 9.59 Å². The van der Waals surface area contributed by atoms with E-state index < -0.39 is 0 Å². The first-order valence-electron chi connectivity index (χ1n) is 6.50. The molecule has 0 aromatic carbocycles. The van der Waals surface area contributed by atoms with E-state index >= 15 is 0 Å². The zero-order valence-corrected chi connectivity index (χ0v) is 11.6. The summed E-state index contributed by atoms with van der Waals surface area (Å²) in [5.74, 6) is 0.0515. The quantitative estimate of drug-likeness (QED) is 0.639. The van der Waals surface area contributed by atoms with Gasteiger partial charge in [-0.25, -0.2) is 4.98 Å². The lowest BCUT2D eigenvalue weighted by atomic mass is 10.1. The van der Waals surface area contributed by atoms with Gasteiger partial charge in [-0.15, -0.1) is 11.3 Å². The number of nitrogens with zero attached hydrogens (tertiary/aromatic N) is 2. The van der Waals surface area contributed by atoms with Crippen LogP contribution in [0.4, 0.5) is 0 Å². The van der Waals surface area contributed by atoms with E-state index in [-0.39, 0.29) is 18.1 Å². The molecule has 1 aliphatic rings. The molecule has 1 atom stereocenters. The number of aromatic nitrogens is 2. The fraction of sp³-hybridized carbons (Fsp3) is 0.357. The van der Waals surface area contributed by atoms with Crippen molar-refractivity contribution in [3.63, 3.8) is 0 Å². The lowest BCUT2D eigenvalue weighted by molar-refractivity contribution is -0.145. The molecule has 0 fully saturated rings. The predicted molar refractivity (Wildman–Crippen MR) is 75.6 cm³/mol. The topological polar surface area (TPSA) is 60.7 Å². The summed E-state index contributed by atoms with van der Waals surface area (Å²) in [5.41, 5.74) is 0.341. The summed E-state index contributed by atoms with van der Waals surface area (Å²) >= 11 is 1.38. The lowest BCUT2D eigenvalue weighted by Crippen LogP contribution is -2.15. The van der Waals surface area contributed by atoms with Crippen LogP contribution in [0.3, 0.4) is 0 Å². The maximum Gasteiger partial charge on any atom is 0.306 e. The molecule has 1 aliphatic carbocycles. The predicted octanol–water partition coefficient (Wildman–Crippen LogP) is 2.16. The normalized spacial score (nSPS) is 17.7. The molecule has 2 aromatic heterocycles. The van der Waals surface area contributed by atoms with Crippen molar-refractivity contribution in [3.05, 3.63) is 45.8 Å². The van der Waals surface area contributed by atoms with Crippen LogP contribution in [-0.4, -0.2) is 15.4 Å². The third kappa shape index (κ3) is 2.80. The van der Waals surface area contributed by atoms with Crippen LogP contribution in [0, 0.1) is 5.92 Å². The van der Waals surface area contributed by atoms with Gasteiger partial charge in [0.1, 0.15) is 6.61 Å². The minimum absolute atomic E-state index is 0.0545. The number of carbonyl (C=O) groups is 1. The van der Waals surface area contributed by atoms with E-state index in [0.717, 1.165) is 12.8 Å². The van der Waals surface area contributed by atoms with E-state index in [2.05, 4.69) is 17.1 Å². The van der Waals surface area contributed by atoms with Gasteiger partial charge in [-0.1, -0.05) is 12.2 Å². The van der Waals surface area contributed by atoms with Crippen LogP contribution >= 0.6 is 11.3 Å². The number of fused-ring (bicyclic) bond motifs is 1. The van der Waals surface area contributed by atoms with Gasteiger partial charge in [0.25, 0.3) is 5.56 Å². The van der Waals surface area contributed by atoms with Crippen LogP contribution in [0.2, 0.25) is 0 Å². The Balaban J connectivity index is 1.63. The van der Waals surface area contributed by atoms with E-state index in [0.29, 0.717) is 23.0 Å². The van der Waals surface area contributed by atoms with E-state index in [4.69, 9.17) is 4.74 Å². The molecule has 0 aliphatic heterocycles. The largest absolute Gasteiger partial charge is 0.459 e. The molecule has 20 heavy (non-hydrogen) atoms. The third-order valence-electron chi connectivity index (χ3n) is 3.28. The molecular formula is C14H14N2O3S. The van der Waals surface area contributed by atoms with Crippen molar-refractivity contribution in [1.82, 2.24) is 9.38 Å². The number of hydrogen-bond donors (Lipinski definition) is 0. The minimum atomic E-state index is -0.241. The Bertz CT molecular complexity index is 717. The number of thiazole rings is 1. The van der Waals surface area contributed by atoms with Crippen molar-refractivity contribution in [3.8, 4) is 0 Å². The van der Waals surface area contributed by atoms with Gasteiger partial charge in [-0.2, -0.15) is 0 Å². The fourth-order valence-corrected chi connectivity index (χ4v) is 2.99. The van der Waals surface area contributed by atoms with Crippen LogP contribution in [-0.2, 0) is 16.1 Å². The minimum Gasteiger partial charge on any atom is -0.459 e. The van der Waals surface area contributed by atoms with Crippen molar-refractivity contribution >= 4 is 22.3 Å². The number of allylic oxidation sites excluding steroid dienone is 2. The Hall–Kier alpha value is -1.95. The van der Waals surface area contributed by atoms with Crippen LogP contribution in [0.1, 0.15) is 25.0 Å². The van der Waals surface area contributed by atoms with Gasteiger partial charge in [-0.3, -0.25) is 14.0 Å². The summed E-state index contributed by atoms with van der Waals surface area (Å²) in [7, 11) is 0. The maximum absolute atomic E-state index is 11.8. The first kappa shape index (κ1) is 13.1. The summed E-state index contributed by atoms with van der Waals surface area (Å²) in [4.78, 5) is 28.4. The highest BCUT2D eigenvalue weighted by molar-refractivity contribution is 7.15. The number of carbonyl (C=O) groups excluding carboxylic acids is 1. The summed E-state index contributed by atoms with van der Waals surface area (Å²) in [5, 5.41) is 1.80. The van der Waals surface area contributed by atoms with Crippen molar-refractivity contribution in [2.75, 3.05) is 0 Å². The molecule has 2 aromatic rings. The Morgan fingerprint density at radius 2 is 2.45 bits per heavy atom. The summed E-state index contributed by atoms with van der Waals surface area (Å²) in [6.07, 6.45) is 8.27. The molecular weight excluding hydrogens is 276 g/mol. The van der Waals surface area contributed by atoms with Crippen LogP contribution in [0.15, 0.2) is 34.6 Å².